The van der Waals surface area contributed by atoms with Crippen molar-refractivity contribution < 1.29 is 18.7 Å². The molecule has 1 N–H and O–H groups in total. The van der Waals surface area contributed by atoms with E-state index < -0.39 is 23.5 Å². The maximum Gasteiger partial charge on any atom is 0.307 e. The number of rotatable bonds is 3. The zero-order chi connectivity index (χ0) is 14.3. The summed E-state index contributed by atoms with van der Waals surface area (Å²) in [4.78, 5) is 11.0. The highest BCUT2D eigenvalue weighted by Crippen LogP contribution is 2.50. The second-order valence-electron chi connectivity index (χ2n) is 4.97. The van der Waals surface area contributed by atoms with Gasteiger partial charge in [-0.15, -0.1) is 0 Å². The molecule has 0 spiro atoms. The van der Waals surface area contributed by atoms with Gasteiger partial charge < -0.3 is 5.11 Å². The van der Waals surface area contributed by atoms with Crippen molar-refractivity contribution in [2.45, 2.75) is 12.3 Å². The predicted molar refractivity (Wildman–Crippen MR) is 70.3 cm³/mol. The first-order valence-electron chi connectivity index (χ1n) is 6.35. The predicted octanol–water partition coefficient (Wildman–Crippen LogP) is 3.82. The quantitative estimate of drug-likeness (QED) is 0.923. The molecule has 1 fully saturated rings. The van der Waals surface area contributed by atoms with Crippen LogP contribution in [0.4, 0.5) is 8.78 Å². The van der Waals surface area contributed by atoms with E-state index in [9.17, 15) is 13.6 Å². The molecule has 2 unspecified atom stereocenters. The van der Waals surface area contributed by atoms with E-state index in [4.69, 9.17) is 5.11 Å². The topological polar surface area (TPSA) is 37.3 Å². The molecule has 2 nitrogen and oxygen atoms in total. The third-order valence-corrected chi connectivity index (χ3v) is 3.70. The Morgan fingerprint density at radius 1 is 1.05 bits per heavy atom. The maximum atomic E-state index is 13.9. The van der Waals surface area contributed by atoms with Crippen LogP contribution in [0, 0.1) is 17.6 Å². The lowest BCUT2D eigenvalue weighted by Crippen LogP contribution is -2.00. The number of benzene rings is 2. The third kappa shape index (κ3) is 2.07. The molecule has 2 aromatic rings. The Morgan fingerprint density at radius 3 is 2.30 bits per heavy atom. The van der Waals surface area contributed by atoms with Gasteiger partial charge in [-0.1, -0.05) is 30.3 Å². The molecule has 0 amide bonds. The number of hydrogen-bond donors (Lipinski definition) is 1. The van der Waals surface area contributed by atoms with E-state index in [1.54, 1.807) is 24.3 Å². The lowest BCUT2D eigenvalue weighted by Gasteiger charge is -2.11. The van der Waals surface area contributed by atoms with Crippen LogP contribution in [-0.4, -0.2) is 11.1 Å². The molecule has 2 atom stereocenters. The van der Waals surface area contributed by atoms with Gasteiger partial charge in [0.15, 0.2) is 0 Å². The number of aliphatic carboxylic acids is 1. The largest absolute Gasteiger partial charge is 0.481 e. The highest BCUT2D eigenvalue weighted by atomic mass is 19.1. The summed E-state index contributed by atoms with van der Waals surface area (Å²) >= 11 is 0. The molecule has 2 aromatic carbocycles. The highest BCUT2D eigenvalue weighted by Gasteiger charge is 2.45. The average Bonchev–Trinajstić information content (AvgIpc) is 3.19. The Labute approximate surface area is 114 Å². The molecule has 4 heteroatoms. The molecule has 0 heterocycles. The Hall–Kier alpha value is -2.23. The lowest BCUT2D eigenvalue weighted by molar-refractivity contribution is -0.138. The summed E-state index contributed by atoms with van der Waals surface area (Å²) in [6, 6.07) is 10.6. The van der Waals surface area contributed by atoms with Crippen molar-refractivity contribution in [3.8, 4) is 11.1 Å². The van der Waals surface area contributed by atoms with Gasteiger partial charge in [-0.25, -0.2) is 8.78 Å². The second-order valence-corrected chi connectivity index (χ2v) is 4.97. The van der Waals surface area contributed by atoms with Gasteiger partial charge in [-0.05, 0) is 35.6 Å². The van der Waals surface area contributed by atoms with Crippen molar-refractivity contribution in [3.63, 3.8) is 0 Å². The van der Waals surface area contributed by atoms with Crippen molar-refractivity contribution in [3.05, 3.63) is 59.7 Å². The van der Waals surface area contributed by atoms with Crippen LogP contribution < -0.4 is 0 Å². The standard InChI is InChI=1S/C16H12F2O2/c17-13-6-3-7-14(18)15(13)10-5-2-1-4-9(10)11-8-12(11)16(19)20/h1-7,11-12H,8H2,(H,19,20). The van der Waals surface area contributed by atoms with Gasteiger partial charge in [-0.2, -0.15) is 0 Å². The summed E-state index contributed by atoms with van der Waals surface area (Å²) in [6.07, 6.45) is 0.516. The second kappa shape index (κ2) is 4.71. The third-order valence-electron chi connectivity index (χ3n) is 3.70. The number of hydrogen-bond acceptors (Lipinski definition) is 1. The fourth-order valence-corrected chi connectivity index (χ4v) is 2.61. The van der Waals surface area contributed by atoms with E-state index in [-0.39, 0.29) is 11.5 Å². The first-order valence-corrected chi connectivity index (χ1v) is 6.35. The zero-order valence-electron chi connectivity index (χ0n) is 10.5. The monoisotopic (exact) mass is 274 g/mol. The normalized spacial score (nSPS) is 20.7. The van der Waals surface area contributed by atoms with Crippen LogP contribution in [-0.2, 0) is 4.79 Å². The summed E-state index contributed by atoms with van der Waals surface area (Å²) in [5, 5.41) is 9.01. The smallest absolute Gasteiger partial charge is 0.307 e. The Balaban J connectivity index is 2.10. The summed E-state index contributed by atoms with van der Waals surface area (Å²) in [5.74, 6) is -2.75. The summed E-state index contributed by atoms with van der Waals surface area (Å²) in [5.41, 5.74) is 1.06. The highest BCUT2D eigenvalue weighted by molar-refractivity contribution is 5.78. The van der Waals surface area contributed by atoms with E-state index in [2.05, 4.69) is 0 Å². The van der Waals surface area contributed by atoms with Crippen molar-refractivity contribution >= 4 is 5.97 Å². The summed E-state index contributed by atoms with van der Waals surface area (Å²) in [6.45, 7) is 0. The van der Waals surface area contributed by atoms with Gasteiger partial charge in [0.1, 0.15) is 11.6 Å². The van der Waals surface area contributed by atoms with Crippen LogP contribution in [0.15, 0.2) is 42.5 Å². The minimum Gasteiger partial charge on any atom is -0.481 e. The van der Waals surface area contributed by atoms with Crippen molar-refractivity contribution in [2.24, 2.45) is 5.92 Å². The fraction of sp³-hybridized carbons (Fsp3) is 0.188. The lowest BCUT2D eigenvalue weighted by atomic mass is 9.95. The van der Waals surface area contributed by atoms with Gasteiger partial charge in [0, 0.05) is 0 Å². The number of carboxylic acids is 1. The van der Waals surface area contributed by atoms with E-state index in [0.717, 1.165) is 0 Å². The molecular formula is C16H12F2O2. The van der Waals surface area contributed by atoms with Crippen LogP contribution in [0.2, 0.25) is 0 Å². The van der Waals surface area contributed by atoms with Gasteiger partial charge in [-0.3, -0.25) is 4.79 Å². The van der Waals surface area contributed by atoms with Crippen LogP contribution in [0.25, 0.3) is 11.1 Å². The molecule has 102 valence electrons. The number of halogens is 2. The fourth-order valence-electron chi connectivity index (χ4n) is 2.61. The Morgan fingerprint density at radius 2 is 1.70 bits per heavy atom. The van der Waals surface area contributed by atoms with Crippen LogP contribution in [0.1, 0.15) is 17.9 Å². The van der Waals surface area contributed by atoms with Crippen LogP contribution >= 0.6 is 0 Å². The molecule has 20 heavy (non-hydrogen) atoms. The number of carboxylic acid groups (broad SMARTS) is 1. The van der Waals surface area contributed by atoms with E-state index in [1.165, 1.54) is 18.2 Å². The molecule has 0 saturated heterocycles. The minimum absolute atomic E-state index is 0.0841. The Kier molecular flexibility index (Phi) is 3.01. The Bertz CT molecular complexity index is 662. The van der Waals surface area contributed by atoms with Gasteiger partial charge in [0.05, 0.1) is 11.5 Å². The summed E-state index contributed by atoms with van der Waals surface area (Å²) in [7, 11) is 0. The first kappa shape index (κ1) is 12.8. The molecule has 1 aliphatic carbocycles. The van der Waals surface area contributed by atoms with E-state index >= 15 is 0 Å². The summed E-state index contributed by atoms with van der Waals surface area (Å²) < 4.78 is 27.8. The van der Waals surface area contributed by atoms with Gasteiger partial charge >= 0.3 is 5.97 Å². The zero-order valence-corrected chi connectivity index (χ0v) is 10.5. The van der Waals surface area contributed by atoms with Crippen molar-refractivity contribution in [1.82, 2.24) is 0 Å². The molecule has 1 aliphatic rings. The molecule has 0 aromatic heterocycles. The van der Waals surface area contributed by atoms with Crippen LogP contribution in [0.5, 0.6) is 0 Å². The molecule has 3 rings (SSSR count). The van der Waals surface area contributed by atoms with Gasteiger partial charge in [0.2, 0.25) is 0 Å². The average molecular weight is 274 g/mol. The van der Waals surface area contributed by atoms with E-state index in [0.29, 0.717) is 17.5 Å². The van der Waals surface area contributed by atoms with Crippen molar-refractivity contribution in [1.29, 1.82) is 0 Å². The van der Waals surface area contributed by atoms with E-state index in [1.807, 2.05) is 0 Å². The van der Waals surface area contributed by atoms with Crippen molar-refractivity contribution in [2.75, 3.05) is 0 Å². The first-order chi connectivity index (χ1) is 9.59. The van der Waals surface area contributed by atoms with Gasteiger partial charge in [0.25, 0.3) is 0 Å². The molecule has 1 saturated carbocycles. The minimum atomic E-state index is -0.862. The number of carbonyl (C=O) groups is 1. The van der Waals surface area contributed by atoms with Crippen LogP contribution in [0.3, 0.4) is 0 Å². The molecule has 0 aliphatic heterocycles. The molecule has 0 radical (unpaired) electrons. The molecular weight excluding hydrogens is 262 g/mol. The maximum absolute atomic E-state index is 13.9. The SMILES string of the molecule is O=C(O)C1CC1c1ccccc1-c1c(F)cccc1F. The molecule has 0 bridgehead atoms.